The number of ether oxygens (including phenoxy) is 4. The lowest BCUT2D eigenvalue weighted by atomic mass is 10.0. The number of aromatic nitrogens is 1. The Morgan fingerprint density at radius 3 is 2.11 bits per heavy atom. The quantitative estimate of drug-likeness (QED) is 0.551. The molecule has 2 aromatic carbocycles. The van der Waals surface area contributed by atoms with E-state index in [0.29, 0.717) is 17.9 Å². The first kappa shape index (κ1) is 21.6. The fraction of sp³-hybridized carbons (Fsp3) is 0.318. The van der Waals surface area contributed by atoms with Gasteiger partial charge in [-0.2, -0.15) is 0 Å². The summed E-state index contributed by atoms with van der Waals surface area (Å²) in [5, 5.41) is 2.10. The van der Waals surface area contributed by atoms with Crippen molar-refractivity contribution >= 4 is 23.2 Å². The Balaban J connectivity index is 0.00000280. The Labute approximate surface area is 172 Å². The Morgan fingerprint density at radius 1 is 0.821 bits per heavy atom. The summed E-state index contributed by atoms with van der Waals surface area (Å²) in [6.07, 6.45) is 2.58. The largest absolute Gasteiger partial charge is 0.493 e. The lowest BCUT2D eigenvalue weighted by molar-refractivity contribution is 0.230. The van der Waals surface area contributed by atoms with E-state index in [-0.39, 0.29) is 18.5 Å². The minimum Gasteiger partial charge on any atom is -0.493 e. The van der Waals surface area contributed by atoms with E-state index in [2.05, 4.69) is 4.98 Å². The number of rotatable bonds is 7. The maximum atomic E-state index is 5.80. The van der Waals surface area contributed by atoms with Crippen LogP contribution in [0.4, 0.5) is 0 Å². The molecule has 0 aliphatic rings. The molecular formula is C22H26ClNO4. The van der Waals surface area contributed by atoms with Gasteiger partial charge in [0, 0.05) is 18.0 Å². The number of benzene rings is 2. The summed E-state index contributed by atoms with van der Waals surface area (Å²) in [7, 11) is 4.93. The van der Waals surface area contributed by atoms with Crippen LogP contribution >= 0.6 is 12.4 Å². The molecule has 0 aliphatic carbocycles. The van der Waals surface area contributed by atoms with Gasteiger partial charge in [0.25, 0.3) is 0 Å². The van der Waals surface area contributed by atoms with E-state index >= 15 is 0 Å². The summed E-state index contributed by atoms with van der Waals surface area (Å²) in [6, 6.07) is 11.9. The van der Waals surface area contributed by atoms with E-state index in [9.17, 15) is 0 Å². The monoisotopic (exact) mass is 403 g/mol. The van der Waals surface area contributed by atoms with Crippen LogP contribution in [0.3, 0.4) is 0 Å². The molecule has 0 spiro atoms. The zero-order valence-electron chi connectivity index (χ0n) is 16.8. The Hall–Kier alpha value is -2.66. The second kappa shape index (κ2) is 9.51. The van der Waals surface area contributed by atoms with Gasteiger partial charge in [0.1, 0.15) is 0 Å². The van der Waals surface area contributed by atoms with Crippen molar-refractivity contribution in [3.05, 3.63) is 53.9 Å². The van der Waals surface area contributed by atoms with Crippen molar-refractivity contribution in [3.63, 3.8) is 0 Å². The maximum Gasteiger partial charge on any atom is 0.161 e. The molecule has 0 N–H and O–H groups in total. The van der Waals surface area contributed by atoms with E-state index in [0.717, 1.165) is 33.5 Å². The van der Waals surface area contributed by atoms with Gasteiger partial charge in [0.15, 0.2) is 23.0 Å². The van der Waals surface area contributed by atoms with Gasteiger partial charge in [0.05, 0.1) is 33.1 Å². The summed E-state index contributed by atoms with van der Waals surface area (Å²) >= 11 is 0. The average Bonchev–Trinajstić information content (AvgIpc) is 2.67. The Bertz CT molecular complexity index is 943. The molecule has 0 saturated carbocycles. The van der Waals surface area contributed by atoms with E-state index in [1.165, 1.54) is 0 Å². The predicted molar refractivity (Wildman–Crippen MR) is 114 cm³/mol. The van der Waals surface area contributed by atoms with Crippen LogP contribution in [0.1, 0.15) is 25.1 Å². The van der Waals surface area contributed by atoms with Crippen molar-refractivity contribution in [2.24, 2.45) is 0 Å². The van der Waals surface area contributed by atoms with Crippen molar-refractivity contribution in [3.8, 4) is 23.0 Å². The number of halogens is 1. The molecule has 28 heavy (non-hydrogen) atoms. The molecule has 5 nitrogen and oxygen atoms in total. The molecule has 0 fully saturated rings. The molecule has 0 bridgehead atoms. The van der Waals surface area contributed by atoms with Gasteiger partial charge in [-0.05, 0) is 55.1 Å². The molecular weight excluding hydrogens is 378 g/mol. The normalized spacial score (nSPS) is 10.5. The van der Waals surface area contributed by atoms with Crippen LogP contribution in [0.2, 0.25) is 0 Å². The van der Waals surface area contributed by atoms with Gasteiger partial charge in [-0.15, -0.1) is 12.4 Å². The van der Waals surface area contributed by atoms with Crippen molar-refractivity contribution < 1.29 is 18.9 Å². The minimum atomic E-state index is 0. The molecule has 0 unspecified atom stereocenters. The van der Waals surface area contributed by atoms with Crippen molar-refractivity contribution in [1.29, 1.82) is 0 Å². The Morgan fingerprint density at radius 2 is 1.46 bits per heavy atom. The first-order valence-corrected chi connectivity index (χ1v) is 8.89. The number of hydrogen-bond donors (Lipinski definition) is 0. The van der Waals surface area contributed by atoms with Crippen molar-refractivity contribution in [1.82, 2.24) is 4.98 Å². The van der Waals surface area contributed by atoms with Crippen LogP contribution in [0.5, 0.6) is 23.0 Å². The average molecular weight is 404 g/mol. The molecule has 1 heterocycles. The zero-order chi connectivity index (χ0) is 19.4. The summed E-state index contributed by atoms with van der Waals surface area (Å²) in [4.78, 5) is 4.59. The van der Waals surface area contributed by atoms with Crippen LogP contribution in [0, 0.1) is 0 Å². The molecule has 3 aromatic rings. The fourth-order valence-corrected chi connectivity index (χ4v) is 3.07. The highest BCUT2D eigenvalue weighted by atomic mass is 35.5. The minimum absolute atomic E-state index is 0. The highest BCUT2D eigenvalue weighted by Gasteiger charge is 2.12. The highest BCUT2D eigenvalue weighted by molar-refractivity contribution is 5.88. The summed E-state index contributed by atoms with van der Waals surface area (Å²) < 4.78 is 22.1. The van der Waals surface area contributed by atoms with E-state index in [4.69, 9.17) is 18.9 Å². The number of nitrogens with zero attached hydrogens (tertiary/aromatic N) is 1. The summed E-state index contributed by atoms with van der Waals surface area (Å²) in [5.41, 5.74) is 2.06. The number of hydrogen-bond acceptors (Lipinski definition) is 5. The van der Waals surface area contributed by atoms with Gasteiger partial charge in [-0.3, -0.25) is 4.98 Å². The third kappa shape index (κ3) is 4.60. The van der Waals surface area contributed by atoms with Gasteiger partial charge >= 0.3 is 0 Å². The molecule has 3 rings (SSSR count). The third-order valence-electron chi connectivity index (χ3n) is 4.31. The second-order valence-electron chi connectivity index (χ2n) is 6.51. The first-order chi connectivity index (χ1) is 13.0. The van der Waals surface area contributed by atoms with Crippen LogP contribution < -0.4 is 18.9 Å². The van der Waals surface area contributed by atoms with Crippen molar-refractivity contribution in [2.45, 2.75) is 26.4 Å². The smallest absolute Gasteiger partial charge is 0.161 e. The number of pyridine rings is 1. The summed E-state index contributed by atoms with van der Waals surface area (Å²) in [6.45, 7) is 3.99. The zero-order valence-corrected chi connectivity index (χ0v) is 17.6. The predicted octanol–water partition coefficient (Wildman–Crippen LogP) is 5.06. The third-order valence-corrected chi connectivity index (χ3v) is 4.31. The van der Waals surface area contributed by atoms with Gasteiger partial charge in [-0.1, -0.05) is 6.07 Å². The molecule has 0 radical (unpaired) electrons. The molecule has 6 heteroatoms. The van der Waals surface area contributed by atoms with E-state index < -0.39 is 0 Å². The lowest BCUT2D eigenvalue weighted by Crippen LogP contribution is -2.07. The van der Waals surface area contributed by atoms with Crippen LogP contribution in [0.15, 0.2) is 42.6 Å². The lowest BCUT2D eigenvalue weighted by Gasteiger charge is -2.15. The molecule has 0 saturated heterocycles. The van der Waals surface area contributed by atoms with E-state index in [1.807, 2.05) is 56.4 Å². The second-order valence-corrected chi connectivity index (χ2v) is 6.51. The standard InChI is InChI=1S/C22H25NO4.ClH/c1-14(2)27-19-7-6-15(11-20(19)24-3)10-18-17-13-22(26-5)21(25-4)12-16(17)8-9-23-18;/h6-9,11-14H,10H2,1-5H3;1H. The van der Waals surface area contributed by atoms with Gasteiger partial charge in [0.2, 0.25) is 0 Å². The molecule has 150 valence electrons. The molecule has 0 atom stereocenters. The SMILES string of the molecule is COc1cc2ccnc(Cc3ccc(OC(C)C)c(OC)c3)c2cc1OC.Cl. The van der Waals surface area contributed by atoms with Crippen LogP contribution in [0.25, 0.3) is 10.8 Å². The van der Waals surface area contributed by atoms with E-state index in [1.54, 1.807) is 21.3 Å². The van der Waals surface area contributed by atoms with Gasteiger partial charge in [-0.25, -0.2) is 0 Å². The molecule has 0 aliphatic heterocycles. The number of fused-ring (bicyclic) bond motifs is 1. The first-order valence-electron chi connectivity index (χ1n) is 8.89. The van der Waals surface area contributed by atoms with Crippen LogP contribution in [-0.2, 0) is 6.42 Å². The maximum absolute atomic E-state index is 5.80. The molecule has 0 amide bonds. The molecule has 1 aromatic heterocycles. The van der Waals surface area contributed by atoms with Gasteiger partial charge < -0.3 is 18.9 Å². The topological polar surface area (TPSA) is 49.8 Å². The van der Waals surface area contributed by atoms with Crippen LogP contribution in [-0.4, -0.2) is 32.4 Å². The fourth-order valence-electron chi connectivity index (χ4n) is 3.07. The highest BCUT2D eigenvalue weighted by Crippen LogP contribution is 2.34. The number of methoxy groups -OCH3 is 3. The Kier molecular flexibility index (Phi) is 7.35. The summed E-state index contributed by atoms with van der Waals surface area (Å²) in [5.74, 6) is 2.87. The van der Waals surface area contributed by atoms with Crippen molar-refractivity contribution in [2.75, 3.05) is 21.3 Å².